The summed E-state index contributed by atoms with van der Waals surface area (Å²) >= 11 is 0. The molecule has 10 nitrogen and oxygen atoms in total. The molecule has 1 saturated heterocycles. The van der Waals surface area contributed by atoms with Gasteiger partial charge in [0.2, 0.25) is 11.8 Å². The topological polar surface area (TPSA) is 169 Å². The van der Waals surface area contributed by atoms with Crippen LogP contribution in [0.2, 0.25) is 0 Å². The summed E-state index contributed by atoms with van der Waals surface area (Å²) in [7, 11) is 0. The smallest absolute Gasteiger partial charge is 0.234 e. The van der Waals surface area contributed by atoms with E-state index in [0.717, 1.165) is 24.8 Å². The molecule has 1 aliphatic rings. The van der Waals surface area contributed by atoms with Gasteiger partial charge in [0.25, 0.3) is 0 Å². The van der Waals surface area contributed by atoms with Gasteiger partial charge in [-0.3, -0.25) is 24.2 Å². The van der Waals surface area contributed by atoms with Crippen LogP contribution in [0.5, 0.6) is 0 Å². The molecular weight excluding hydrogens is 642 g/mol. The number of hydrogen-bond acceptors (Lipinski definition) is 8. The van der Waals surface area contributed by atoms with Crippen LogP contribution in [-0.4, -0.2) is 69.6 Å². The number of amides is 2. The molecule has 5 unspecified atom stereocenters. The van der Waals surface area contributed by atoms with Gasteiger partial charge in [0.05, 0.1) is 17.8 Å². The van der Waals surface area contributed by atoms with Crippen LogP contribution in [-0.2, 0) is 25.6 Å². The number of hydrogen-bond donors (Lipinski definition) is 4. The number of carbonyl (C=O) groups excluding carboxylic acids is 4. The van der Waals surface area contributed by atoms with Gasteiger partial charge in [-0.15, -0.1) is 0 Å². The Morgan fingerprint density at radius 2 is 1.71 bits per heavy atom. The second-order valence-corrected chi connectivity index (χ2v) is 15.2. The first kappa shape index (κ1) is 41.9. The predicted molar refractivity (Wildman–Crippen MR) is 201 cm³/mol. The van der Waals surface area contributed by atoms with E-state index in [0.29, 0.717) is 44.5 Å². The third kappa shape index (κ3) is 11.0. The van der Waals surface area contributed by atoms with Crippen molar-refractivity contribution in [2.24, 2.45) is 40.6 Å². The van der Waals surface area contributed by atoms with Gasteiger partial charge in [-0.2, -0.15) is 0 Å². The van der Waals surface area contributed by atoms with Gasteiger partial charge in [0.1, 0.15) is 17.2 Å². The van der Waals surface area contributed by atoms with E-state index in [1.165, 1.54) is 0 Å². The monoisotopic (exact) mass is 705 g/mol. The second-order valence-electron chi connectivity index (χ2n) is 15.2. The highest BCUT2D eigenvalue weighted by molar-refractivity contribution is 6.08. The Bertz CT molecular complexity index is 1410. The van der Waals surface area contributed by atoms with Crippen LogP contribution in [0.4, 0.5) is 0 Å². The van der Waals surface area contributed by atoms with Gasteiger partial charge in [0.15, 0.2) is 5.78 Å². The molecule has 0 aliphatic carbocycles. The minimum Gasteiger partial charge on any atom is -0.391 e. The number of aliphatic hydroxyl groups is 1. The first-order chi connectivity index (χ1) is 24.3. The van der Waals surface area contributed by atoms with E-state index in [-0.39, 0.29) is 48.1 Å². The number of Topliss-reactive ketones (excluding diaryl/α,β-unsaturated/α-hetero) is 2. The molecule has 0 bridgehead atoms. The molecule has 1 aromatic carbocycles. The number of aromatic nitrogens is 1. The number of ketones is 2. The number of nitrogens with zero attached hydrogens (tertiary/aromatic N) is 2. The number of nitrogens with one attached hydrogen (secondary N) is 1. The zero-order valence-corrected chi connectivity index (χ0v) is 31.7. The van der Waals surface area contributed by atoms with Gasteiger partial charge in [0, 0.05) is 37.7 Å². The van der Waals surface area contributed by atoms with Crippen LogP contribution in [0.25, 0.3) is 0 Å². The maximum absolute atomic E-state index is 14.6. The van der Waals surface area contributed by atoms with Crippen LogP contribution >= 0.6 is 0 Å². The third-order valence-electron chi connectivity index (χ3n) is 11.0. The number of pyridine rings is 1. The summed E-state index contributed by atoms with van der Waals surface area (Å²) in [5.41, 5.74) is 12.9. The SMILES string of the molecule is CCCCCC(=O)C(CC(O)C(N)CC(C)CN1CC[C@H](Cc2ccccc2)C1=O)(C(=O)NC(C(=O)[C@@H](N)[C@@H](C)CC)c1ccccn1)C(C)C. The van der Waals surface area contributed by atoms with E-state index in [9.17, 15) is 24.3 Å². The zero-order valence-electron chi connectivity index (χ0n) is 31.7. The van der Waals surface area contributed by atoms with E-state index in [1.807, 2.05) is 62.9 Å². The molecule has 2 amide bonds. The first-order valence-electron chi connectivity index (χ1n) is 19.1. The third-order valence-corrected chi connectivity index (χ3v) is 11.0. The van der Waals surface area contributed by atoms with Crippen LogP contribution in [0.15, 0.2) is 54.7 Å². The fourth-order valence-corrected chi connectivity index (χ4v) is 7.36. The van der Waals surface area contributed by atoms with E-state index < -0.39 is 41.5 Å². The minimum atomic E-state index is -1.66. The van der Waals surface area contributed by atoms with E-state index in [2.05, 4.69) is 10.3 Å². The number of likely N-dealkylation sites (tertiary alicyclic amines) is 1. The summed E-state index contributed by atoms with van der Waals surface area (Å²) in [4.78, 5) is 62.1. The molecular formula is C41H63N5O5. The highest BCUT2D eigenvalue weighted by atomic mass is 16.3. The molecule has 3 rings (SSSR count). The van der Waals surface area contributed by atoms with Crippen molar-refractivity contribution in [2.75, 3.05) is 13.1 Å². The molecule has 0 radical (unpaired) electrons. The van der Waals surface area contributed by atoms with Gasteiger partial charge < -0.3 is 26.8 Å². The van der Waals surface area contributed by atoms with E-state index >= 15 is 0 Å². The molecule has 1 aliphatic heterocycles. The Morgan fingerprint density at radius 3 is 2.31 bits per heavy atom. The average molecular weight is 706 g/mol. The second kappa shape index (κ2) is 20.0. The standard InChI is InChI=1S/C41H63N5O5/c1-7-9-11-19-35(48)41(27(3)4,40(51)45-37(33-18-14-15-21-44-33)38(49)36(43)29(6)8-2)25-34(47)32(42)23-28(5)26-46-22-20-31(39(46)50)24-30-16-12-10-13-17-30/h10,12-18,21,27-29,31-32,34,36-37,47H,7-9,11,19-20,22-26,42-43H2,1-6H3,(H,45,51)/t28?,29-,31+,32?,34?,36-,37?,41?/m0/s1. The molecule has 0 saturated carbocycles. The molecule has 8 atom stereocenters. The van der Waals surface area contributed by atoms with Gasteiger partial charge in [-0.25, -0.2) is 0 Å². The maximum Gasteiger partial charge on any atom is 0.234 e. The molecule has 0 spiro atoms. The van der Waals surface area contributed by atoms with Crippen LogP contribution in [0.1, 0.15) is 110 Å². The number of nitrogens with two attached hydrogens (primary N) is 2. The van der Waals surface area contributed by atoms with Gasteiger partial charge in [-0.1, -0.05) is 97.2 Å². The number of aliphatic hydroxyl groups excluding tert-OH is 1. The highest BCUT2D eigenvalue weighted by Gasteiger charge is 2.51. The van der Waals surface area contributed by atoms with Crippen LogP contribution < -0.4 is 16.8 Å². The van der Waals surface area contributed by atoms with Gasteiger partial charge >= 0.3 is 0 Å². The lowest BCUT2D eigenvalue weighted by atomic mass is 9.66. The lowest BCUT2D eigenvalue weighted by molar-refractivity contribution is -0.150. The average Bonchev–Trinajstić information content (AvgIpc) is 3.45. The molecule has 2 heterocycles. The summed E-state index contributed by atoms with van der Waals surface area (Å²) < 4.78 is 0. The normalized spacial score (nSPS) is 19.5. The summed E-state index contributed by atoms with van der Waals surface area (Å²) in [6, 6.07) is 12.4. The van der Waals surface area contributed by atoms with E-state index in [1.54, 1.807) is 38.2 Å². The fraction of sp³-hybridized carbons (Fsp3) is 0.634. The quantitative estimate of drug-likeness (QED) is 0.0961. The van der Waals surface area contributed by atoms with Crippen molar-refractivity contribution >= 4 is 23.4 Å². The van der Waals surface area contributed by atoms with Crippen molar-refractivity contribution in [1.29, 1.82) is 0 Å². The van der Waals surface area contributed by atoms with Crippen molar-refractivity contribution in [3.05, 3.63) is 66.0 Å². The van der Waals surface area contributed by atoms with Crippen molar-refractivity contribution in [1.82, 2.24) is 15.2 Å². The molecule has 1 aromatic heterocycles. The number of benzene rings is 1. The summed E-state index contributed by atoms with van der Waals surface area (Å²) in [6.45, 7) is 12.7. The Balaban J connectivity index is 1.81. The number of carbonyl (C=O) groups is 4. The van der Waals surface area contributed by atoms with Crippen molar-refractivity contribution in [2.45, 2.75) is 124 Å². The van der Waals surface area contributed by atoms with Crippen molar-refractivity contribution in [3.63, 3.8) is 0 Å². The van der Waals surface area contributed by atoms with E-state index in [4.69, 9.17) is 11.5 Å². The Kier molecular flexibility index (Phi) is 16.4. The number of unbranched alkanes of at least 4 members (excludes halogenated alkanes) is 2. The minimum absolute atomic E-state index is 0.0233. The highest BCUT2D eigenvalue weighted by Crippen LogP contribution is 2.38. The maximum atomic E-state index is 14.6. The van der Waals surface area contributed by atoms with Crippen molar-refractivity contribution in [3.8, 4) is 0 Å². The molecule has 51 heavy (non-hydrogen) atoms. The van der Waals surface area contributed by atoms with Crippen LogP contribution in [0.3, 0.4) is 0 Å². The molecule has 2 aromatic rings. The zero-order chi connectivity index (χ0) is 37.7. The summed E-state index contributed by atoms with van der Waals surface area (Å²) in [6.07, 6.45) is 5.22. The lowest BCUT2D eigenvalue weighted by Crippen LogP contribution is -2.56. The Hall–Kier alpha value is -3.47. The Morgan fingerprint density at radius 1 is 1.02 bits per heavy atom. The Labute approximate surface area is 305 Å². The van der Waals surface area contributed by atoms with Crippen molar-refractivity contribution < 1.29 is 24.3 Å². The largest absolute Gasteiger partial charge is 0.391 e. The van der Waals surface area contributed by atoms with Gasteiger partial charge in [-0.05, 0) is 67.6 Å². The molecule has 282 valence electrons. The molecule has 1 fully saturated rings. The van der Waals surface area contributed by atoms with Crippen LogP contribution in [0, 0.1) is 29.1 Å². The predicted octanol–water partition coefficient (Wildman–Crippen LogP) is 5.17. The summed E-state index contributed by atoms with van der Waals surface area (Å²) in [5, 5.41) is 14.6. The lowest BCUT2D eigenvalue weighted by Gasteiger charge is -2.39. The first-order valence-corrected chi connectivity index (χ1v) is 19.1. The number of rotatable bonds is 22. The molecule has 6 N–H and O–H groups in total. The molecule has 10 heteroatoms. The fourth-order valence-electron chi connectivity index (χ4n) is 7.36. The summed E-state index contributed by atoms with van der Waals surface area (Å²) in [5.74, 6) is -1.90.